The second-order valence-electron chi connectivity index (χ2n) is 7.31. The molecule has 2 aromatic carbocycles. The van der Waals surface area contributed by atoms with Crippen molar-refractivity contribution in [1.82, 2.24) is 5.06 Å². The number of hydroxylamine groups is 2. The first kappa shape index (κ1) is 17.3. The summed E-state index contributed by atoms with van der Waals surface area (Å²) in [6.45, 7) is 4.54. The minimum Gasteiger partial charge on any atom is -0.406 e. The molecule has 0 radical (unpaired) electrons. The van der Waals surface area contributed by atoms with Gasteiger partial charge in [0.1, 0.15) is 0 Å². The van der Waals surface area contributed by atoms with Crippen LogP contribution in [0, 0.1) is 5.41 Å². The number of benzene rings is 2. The molecule has 1 aliphatic heterocycles. The molecule has 0 aliphatic carbocycles. The lowest BCUT2D eigenvalue weighted by Gasteiger charge is -2.16. The van der Waals surface area contributed by atoms with Crippen LogP contribution in [0.5, 0.6) is 0 Å². The quantitative estimate of drug-likeness (QED) is 0.762. The van der Waals surface area contributed by atoms with E-state index in [1.165, 1.54) is 5.06 Å². The molecule has 0 spiro atoms. The third-order valence-electron chi connectivity index (χ3n) is 4.60. The molecule has 2 heterocycles. The standard InChI is InChI=1S/C21H20N2O4/c1-21(2)13-26-23(20(21)25)12-14-7-9-16(10-8-14)22-18-11-15-5-3-4-6-17(15)19(24)27-18/h3-11,22H,12-13H2,1-2H3. The Morgan fingerprint density at radius 1 is 1.07 bits per heavy atom. The minimum atomic E-state index is -0.477. The number of carbonyl (C=O) groups excluding carboxylic acids is 1. The highest BCUT2D eigenvalue weighted by Gasteiger charge is 2.40. The number of anilines is 2. The van der Waals surface area contributed by atoms with Gasteiger partial charge in [0, 0.05) is 11.8 Å². The molecule has 6 heteroatoms. The maximum absolute atomic E-state index is 12.2. The van der Waals surface area contributed by atoms with Crippen LogP contribution >= 0.6 is 0 Å². The van der Waals surface area contributed by atoms with Crippen LogP contribution in [-0.4, -0.2) is 17.6 Å². The summed E-state index contributed by atoms with van der Waals surface area (Å²) in [5, 5.41) is 5.88. The Morgan fingerprint density at radius 2 is 1.81 bits per heavy atom. The lowest BCUT2D eigenvalue weighted by atomic mass is 9.95. The molecular weight excluding hydrogens is 344 g/mol. The van der Waals surface area contributed by atoms with Crippen LogP contribution in [0.3, 0.4) is 0 Å². The van der Waals surface area contributed by atoms with Gasteiger partial charge in [-0.3, -0.25) is 9.63 Å². The van der Waals surface area contributed by atoms with Crippen molar-refractivity contribution in [3.63, 3.8) is 0 Å². The van der Waals surface area contributed by atoms with Crippen LogP contribution in [-0.2, 0) is 16.2 Å². The first-order valence-electron chi connectivity index (χ1n) is 8.76. The lowest BCUT2D eigenvalue weighted by molar-refractivity contribution is -0.165. The maximum atomic E-state index is 12.2. The molecule has 1 amide bonds. The third kappa shape index (κ3) is 3.44. The van der Waals surface area contributed by atoms with E-state index in [4.69, 9.17) is 9.25 Å². The van der Waals surface area contributed by atoms with Gasteiger partial charge in [0.2, 0.25) is 5.88 Å². The van der Waals surface area contributed by atoms with Gasteiger partial charge in [0.05, 0.1) is 24.0 Å². The van der Waals surface area contributed by atoms with Gasteiger partial charge in [0.15, 0.2) is 0 Å². The largest absolute Gasteiger partial charge is 0.406 e. The van der Waals surface area contributed by atoms with E-state index >= 15 is 0 Å². The van der Waals surface area contributed by atoms with Gasteiger partial charge in [-0.25, -0.2) is 9.86 Å². The van der Waals surface area contributed by atoms with Crippen molar-refractivity contribution in [1.29, 1.82) is 0 Å². The van der Waals surface area contributed by atoms with E-state index in [9.17, 15) is 9.59 Å². The molecule has 1 N–H and O–H groups in total. The summed E-state index contributed by atoms with van der Waals surface area (Å²) in [6, 6.07) is 16.6. The average molecular weight is 364 g/mol. The van der Waals surface area contributed by atoms with Crippen molar-refractivity contribution < 1.29 is 14.0 Å². The van der Waals surface area contributed by atoms with Gasteiger partial charge in [-0.2, -0.15) is 0 Å². The molecule has 1 saturated heterocycles. The van der Waals surface area contributed by atoms with E-state index < -0.39 is 5.41 Å². The first-order valence-corrected chi connectivity index (χ1v) is 8.76. The molecule has 138 valence electrons. The number of nitrogens with one attached hydrogen (secondary N) is 1. The SMILES string of the molecule is CC1(C)CON(Cc2ccc(Nc3cc4ccccc4c(=O)o3)cc2)C1=O. The number of nitrogens with zero attached hydrogens (tertiary/aromatic N) is 1. The highest BCUT2D eigenvalue weighted by molar-refractivity contribution is 5.83. The van der Waals surface area contributed by atoms with E-state index in [2.05, 4.69) is 5.32 Å². The molecule has 1 fully saturated rings. The van der Waals surface area contributed by atoms with Crippen molar-refractivity contribution in [2.75, 3.05) is 11.9 Å². The highest BCUT2D eigenvalue weighted by Crippen LogP contribution is 2.28. The van der Waals surface area contributed by atoms with Gasteiger partial charge in [-0.15, -0.1) is 0 Å². The maximum Gasteiger partial charge on any atom is 0.345 e. The second kappa shape index (κ2) is 6.55. The van der Waals surface area contributed by atoms with E-state index in [-0.39, 0.29) is 11.5 Å². The average Bonchev–Trinajstić information content (AvgIpc) is 2.90. The van der Waals surface area contributed by atoms with Crippen LogP contribution in [0.4, 0.5) is 11.6 Å². The summed E-state index contributed by atoms with van der Waals surface area (Å²) in [5.41, 5.74) is 0.882. The Kier molecular flexibility index (Phi) is 4.20. The Balaban J connectivity index is 1.49. The molecule has 1 aliphatic rings. The number of rotatable bonds is 4. The third-order valence-corrected chi connectivity index (χ3v) is 4.60. The van der Waals surface area contributed by atoms with Crippen LogP contribution in [0.2, 0.25) is 0 Å². The van der Waals surface area contributed by atoms with Crippen LogP contribution < -0.4 is 10.9 Å². The predicted octanol–water partition coefficient (Wildman–Crippen LogP) is 3.84. The topological polar surface area (TPSA) is 71.8 Å². The fraction of sp³-hybridized carbons (Fsp3) is 0.238. The van der Waals surface area contributed by atoms with Crippen molar-refractivity contribution in [2.45, 2.75) is 20.4 Å². The van der Waals surface area contributed by atoms with Gasteiger partial charge < -0.3 is 9.73 Å². The summed E-state index contributed by atoms with van der Waals surface area (Å²) in [7, 11) is 0. The summed E-state index contributed by atoms with van der Waals surface area (Å²) in [6.07, 6.45) is 0. The van der Waals surface area contributed by atoms with Crippen LogP contribution in [0.25, 0.3) is 10.8 Å². The summed E-state index contributed by atoms with van der Waals surface area (Å²) in [5.74, 6) is 0.369. The number of hydrogen-bond donors (Lipinski definition) is 1. The number of amides is 1. The number of hydrogen-bond acceptors (Lipinski definition) is 5. The van der Waals surface area contributed by atoms with Crippen molar-refractivity contribution in [3.05, 3.63) is 70.6 Å². The predicted molar refractivity (Wildman–Crippen MR) is 102 cm³/mol. The zero-order valence-electron chi connectivity index (χ0n) is 15.2. The summed E-state index contributed by atoms with van der Waals surface area (Å²) in [4.78, 5) is 29.8. The molecule has 0 saturated carbocycles. The highest BCUT2D eigenvalue weighted by atomic mass is 16.7. The minimum absolute atomic E-state index is 0.0114. The number of fused-ring (bicyclic) bond motifs is 1. The van der Waals surface area contributed by atoms with Crippen molar-refractivity contribution in [3.8, 4) is 0 Å². The zero-order chi connectivity index (χ0) is 19.0. The normalized spacial score (nSPS) is 16.1. The molecule has 1 aromatic heterocycles. The van der Waals surface area contributed by atoms with Crippen molar-refractivity contribution >= 4 is 28.3 Å². The van der Waals surface area contributed by atoms with E-state index in [1.807, 2.05) is 50.2 Å². The van der Waals surface area contributed by atoms with Crippen LogP contribution in [0.1, 0.15) is 19.4 Å². The zero-order valence-corrected chi connectivity index (χ0v) is 15.2. The Hall–Kier alpha value is -3.12. The fourth-order valence-electron chi connectivity index (χ4n) is 3.01. The molecule has 0 atom stereocenters. The first-order chi connectivity index (χ1) is 12.9. The molecule has 3 aromatic rings. The fourth-order valence-corrected chi connectivity index (χ4v) is 3.01. The van der Waals surface area contributed by atoms with Gasteiger partial charge >= 0.3 is 5.63 Å². The van der Waals surface area contributed by atoms with E-state index in [0.717, 1.165) is 16.6 Å². The smallest absolute Gasteiger partial charge is 0.345 e. The Bertz CT molecular complexity index is 1050. The lowest BCUT2D eigenvalue weighted by Crippen LogP contribution is -2.30. The molecule has 0 bridgehead atoms. The Morgan fingerprint density at radius 3 is 2.52 bits per heavy atom. The number of carbonyl (C=O) groups is 1. The second-order valence-corrected chi connectivity index (χ2v) is 7.31. The van der Waals surface area contributed by atoms with Gasteiger partial charge in [0.25, 0.3) is 5.91 Å². The molecule has 27 heavy (non-hydrogen) atoms. The molecule has 6 nitrogen and oxygen atoms in total. The van der Waals surface area contributed by atoms with E-state index in [1.54, 1.807) is 18.2 Å². The molecular formula is C21H20N2O4. The molecule has 4 rings (SSSR count). The monoisotopic (exact) mass is 364 g/mol. The van der Waals surface area contributed by atoms with Crippen molar-refractivity contribution in [2.24, 2.45) is 5.41 Å². The summed E-state index contributed by atoms with van der Waals surface area (Å²) >= 11 is 0. The van der Waals surface area contributed by atoms with E-state index in [0.29, 0.717) is 24.4 Å². The van der Waals surface area contributed by atoms with Gasteiger partial charge in [-0.05, 0) is 43.0 Å². The van der Waals surface area contributed by atoms with Crippen LogP contribution in [0.15, 0.2) is 63.8 Å². The molecule has 0 unspecified atom stereocenters. The Labute approximate surface area is 156 Å². The van der Waals surface area contributed by atoms with Gasteiger partial charge in [-0.1, -0.05) is 30.3 Å². The summed E-state index contributed by atoms with van der Waals surface area (Å²) < 4.78 is 5.33.